The van der Waals surface area contributed by atoms with Crippen LogP contribution in [0.1, 0.15) is 90.4 Å². The average Bonchev–Trinajstić information content (AvgIpc) is 3.64. The predicted molar refractivity (Wildman–Crippen MR) is 221 cm³/mol. The Kier molecular flexibility index (Phi) is 13.4. The number of likely N-dealkylation sites (tertiary alicyclic amines) is 1. The number of hydrogen-bond donors (Lipinski definition) is 5. The summed E-state index contributed by atoms with van der Waals surface area (Å²) in [5.41, 5.74) is 8.82. The van der Waals surface area contributed by atoms with Gasteiger partial charge in [-0.15, -0.1) is 0 Å². The lowest BCUT2D eigenvalue weighted by molar-refractivity contribution is -0.134. The van der Waals surface area contributed by atoms with E-state index in [4.69, 9.17) is 10.7 Å². The predicted octanol–water partition coefficient (Wildman–Crippen LogP) is 2.37. The number of imide groups is 1. The second kappa shape index (κ2) is 19.2. The van der Waals surface area contributed by atoms with Crippen molar-refractivity contribution in [2.45, 2.75) is 69.7 Å². The maximum absolute atomic E-state index is 12.6. The number of anilines is 4. The number of carbonyl (C=O) groups excluding carboxylic acids is 5. The molecule has 2 aromatic heterocycles. The van der Waals surface area contributed by atoms with E-state index in [-0.39, 0.29) is 36.3 Å². The number of benzene rings is 1. The van der Waals surface area contributed by atoms with Crippen LogP contribution in [0.2, 0.25) is 0 Å². The Balaban J connectivity index is 0.000000684. The van der Waals surface area contributed by atoms with Crippen LogP contribution in [0.25, 0.3) is 0 Å². The zero-order valence-corrected chi connectivity index (χ0v) is 33.7. The van der Waals surface area contributed by atoms with Crippen LogP contribution in [-0.2, 0) is 9.59 Å². The summed E-state index contributed by atoms with van der Waals surface area (Å²) >= 11 is 0. The molecule has 1 atom stereocenters. The molecule has 314 valence electrons. The number of nitrogens with one attached hydrogen (secondary N) is 4. The molecule has 18 nitrogen and oxygen atoms in total. The number of nitrogens with two attached hydrogens (primary N) is 1. The molecule has 0 aliphatic carbocycles. The van der Waals surface area contributed by atoms with E-state index < -0.39 is 23.8 Å². The Morgan fingerprint density at radius 3 is 2.15 bits per heavy atom. The van der Waals surface area contributed by atoms with Gasteiger partial charge in [-0.05, 0) is 94.0 Å². The van der Waals surface area contributed by atoms with Crippen molar-refractivity contribution in [3.05, 3.63) is 59.9 Å². The summed E-state index contributed by atoms with van der Waals surface area (Å²) in [6.45, 7) is 8.56. The van der Waals surface area contributed by atoms with E-state index in [0.29, 0.717) is 17.7 Å². The summed E-state index contributed by atoms with van der Waals surface area (Å²) in [5, 5.41) is 10.8. The lowest BCUT2D eigenvalue weighted by Gasteiger charge is -2.38. The van der Waals surface area contributed by atoms with Crippen LogP contribution in [0.4, 0.5) is 27.8 Å². The smallest absolute Gasteiger partial charge is 0.317 e. The van der Waals surface area contributed by atoms with Crippen molar-refractivity contribution in [2.75, 3.05) is 81.1 Å². The fourth-order valence-corrected chi connectivity index (χ4v) is 8.31. The van der Waals surface area contributed by atoms with Crippen LogP contribution in [0.15, 0.2) is 42.9 Å². The molecule has 1 unspecified atom stereocenters. The van der Waals surface area contributed by atoms with Gasteiger partial charge < -0.3 is 41.3 Å². The highest BCUT2D eigenvalue weighted by Crippen LogP contribution is 2.32. The number of primary amides is 1. The molecule has 18 heteroatoms. The molecular formula is C41H55N13O5. The van der Waals surface area contributed by atoms with Crippen LogP contribution >= 0.6 is 0 Å². The first kappa shape index (κ1) is 41.3. The summed E-state index contributed by atoms with van der Waals surface area (Å²) in [5.74, 6) is 0.315. The van der Waals surface area contributed by atoms with E-state index in [1.165, 1.54) is 12.0 Å². The number of rotatable bonds is 10. The van der Waals surface area contributed by atoms with Crippen LogP contribution in [0, 0.1) is 5.92 Å². The van der Waals surface area contributed by atoms with Gasteiger partial charge in [0, 0.05) is 65.0 Å². The van der Waals surface area contributed by atoms with E-state index in [9.17, 15) is 24.0 Å². The second-order valence-corrected chi connectivity index (χ2v) is 16.0. The molecule has 6 amide bonds. The van der Waals surface area contributed by atoms with Crippen molar-refractivity contribution in [3.63, 3.8) is 0 Å². The summed E-state index contributed by atoms with van der Waals surface area (Å²) in [4.78, 5) is 84.7. The van der Waals surface area contributed by atoms with Gasteiger partial charge in [-0.25, -0.2) is 24.7 Å². The molecule has 3 aromatic rings. The van der Waals surface area contributed by atoms with Crippen molar-refractivity contribution in [3.8, 4) is 0 Å². The lowest BCUT2D eigenvalue weighted by Crippen LogP contribution is -2.52. The minimum absolute atomic E-state index is 0.00171. The number of hydrogen-bond acceptors (Lipinski definition) is 13. The third kappa shape index (κ3) is 10.8. The minimum Gasteiger partial charge on any atom is -0.369 e. The third-order valence-corrected chi connectivity index (χ3v) is 11.9. The van der Waals surface area contributed by atoms with Crippen LogP contribution in [0.5, 0.6) is 0 Å². The van der Waals surface area contributed by atoms with Gasteiger partial charge in [0.1, 0.15) is 11.9 Å². The Morgan fingerprint density at radius 1 is 0.831 bits per heavy atom. The normalized spacial score (nSPS) is 20.7. The highest BCUT2D eigenvalue weighted by Gasteiger charge is 2.30. The van der Waals surface area contributed by atoms with Crippen molar-refractivity contribution in [2.24, 2.45) is 11.7 Å². The number of likely N-dealkylation sites (N-methyl/N-ethyl adjacent to an activating group) is 1. The van der Waals surface area contributed by atoms with Crippen LogP contribution < -0.4 is 36.8 Å². The molecule has 8 rings (SSSR count). The van der Waals surface area contributed by atoms with Crippen molar-refractivity contribution in [1.82, 2.24) is 45.7 Å². The molecule has 7 heterocycles. The van der Waals surface area contributed by atoms with Crippen LogP contribution in [0.3, 0.4) is 0 Å². The molecule has 5 saturated heterocycles. The zero-order valence-electron chi connectivity index (χ0n) is 33.7. The first-order chi connectivity index (χ1) is 28.6. The third-order valence-electron chi connectivity index (χ3n) is 11.9. The van der Waals surface area contributed by atoms with Gasteiger partial charge >= 0.3 is 6.03 Å². The standard InChI is InChI=1S/C37H47N11O4.C4H8N2O/c38-33(50)32-34(44-30(22-39-32)48-14-2-1-3-15-48)42-27-6-4-25(5-7-27)26-12-16-46(17-13-26)23-24-10-18-47(19-11-24)28-20-40-35(41-21-28)37(52)43-29-8-9-31(49)45-36(29)51;1-6-3-2-5-4(6)7/h4-7,20-22,24,26,29H,1-3,8-19,23H2,(H2,38,50)(H,42,44)(H,43,52)(H,45,49,51);2-3H2,1H3,(H,5,7). The maximum atomic E-state index is 12.6. The van der Waals surface area contributed by atoms with E-state index in [2.05, 4.69) is 63.1 Å². The molecule has 59 heavy (non-hydrogen) atoms. The molecule has 0 spiro atoms. The van der Waals surface area contributed by atoms with Gasteiger partial charge in [0.25, 0.3) is 11.8 Å². The number of urea groups is 1. The van der Waals surface area contributed by atoms with E-state index in [1.807, 2.05) is 12.1 Å². The maximum Gasteiger partial charge on any atom is 0.317 e. The number of aromatic nitrogens is 4. The second-order valence-electron chi connectivity index (χ2n) is 16.0. The number of carbonyl (C=O) groups is 5. The summed E-state index contributed by atoms with van der Waals surface area (Å²) in [7, 11) is 1.78. The minimum atomic E-state index is -0.762. The highest BCUT2D eigenvalue weighted by molar-refractivity contribution is 6.03. The fourth-order valence-electron chi connectivity index (χ4n) is 8.31. The largest absolute Gasteiger partial charge is 0.369 e. The summed E-state index contributed by atoms with van der Waals surface area (Å²) in [6.07, 6.45) is 13.3. The van der Waals surface area contributed by atoms with Crippen molar-refractivity contribution < 1.29 is 24.0 Å². The molecule has 1 aromatic carbocycles. The van der Waals surface area contributed by atoms with Gasteiger partial charge in [-0.3, -0.25) is 24.5 Å². The lowest BCUT2D eigenvalue weighted by atomic mass is 9.88. The molecular weight excluding hydrogens is 755 g/mol. The summed E-state index contributed by atoms with van der Waals surface area (Å²) < 4.78 is 0. The number of piperidine rings is 4. The Labute approximate surface area is 344 Å². The monoisotopic (exact) mass is 809 g/mol. The van der Waals surface area contributed by atoms with Gasteiger partial charge in [0.2, 0.25) is 17.6 Å². The van der Waals surface area contributed by atoms with Gasteiger partial charge in [0.05, 0.1) is 24.3 Å². The quantitative estimate of drug-likeness (QED) is 0.186. The Bertz CT molecular complexity index is 1960. The van der Waals surface area contributed by atoms with E-state index in [1.54, 1.807) is 30.5 Å². The van der Waals surface area contributed by atoms with Gasteiger partial charge in [-0.2, -0.15) is 0 Å². The van der Waals surface area contributed by atoms with Gasteiger partial charge in [-0.1, -0.05) is 12.1 Å². The van der Waals surface area contributed by atoms with E-state index >= 15 is 0 Å². The number of amides is 6. The molecule has 6 N–H and O–H groups in total. The molecule has 5 aliphatic heterocycles. The molecule has 0 saturated carbocycles. The topological polar surface area (TPSA) is 224 Å². The average molecular weight is 810 g/mol. The first-order valence-electron chi connectivity index (χ1n) is 20.8. The van der Waals surface area contributed by atoms with E-state index in [0.717, 1.165) is 115 Å². The molecule has 0 bridgehead atoms. The van der Waals surface area contributed by atoms with Crippen molar-refractivity contribution in [1.29, 1.82) is 0 Å². The summed E-state index contributed by atoms with van der Waals surface area (Å²) in [6, 6.07) is 7.72. The van der Waals surface area contributed by atoms with Gasteiger partial charge in [0.15, 0.2) is 11.5 Å². The first-order valence-corrected chi connectivity index (χ1v) is 20.8. The fraction of sp³-hybridized carbons (Fsp3) is 0.537. The molecule has 0 radical (unpaired) electrons. The molecule has 5 aliphatic rings. The SMILES string of the molecule is CN1CCNC1=O.NC(=O)c1ncc(N2CCCCC2)nc1Nc1ccc(C2CCN(CC3CCN(c4cnc(C(=O)NC5CCC(=O)NC5=O)nc4)CC3)CC2)cc1. The molecule has 5 fully saturated rings. The zero-order chi connectivity index (χ0) is 41.3. The number of nitrogens with zero attached hydrogens (tertiary/aromatic N) is 8. The Hall–Kier alpha value is -5.91. The van der Waals surface area contributed by atoms with Crippen LogP contribution in [-0.4, -0.2) is 131 Å². The Morgan fingerprint density at radius 2 is 1.54 bits per heavy atom. The van der Waals surface area contributed by atoms with Crippen molar-refractivity contribution >= 4 is 52.7 Å². The highest BCUT2D eigenvalue weighted by atomic mass is 16.2.